The Morgan fingerprint density at radius 1 is 0.903 bits per heavy atom. The minimum Gasteiger partial charge on any atom is -0.425 e. The molecule has 7 nitrogen and oxygen atoms in total. The molecule has 0 unspecified atom stereocenters. The first kappa shape index (κ1) is 20.0. The number of fused-ring (bicyclic) bond motifs is 1. The van der Waals surface area contributed by atoms with Gasteiger partial charge < -0.3 is 10.1 Å². The molecule has 0 aliphatic carbocycles. The summed E-state index contributed by atoms with van der Waals surface area (Å²) in [5.41, 5.74) is 1.41. The van der Waals surface area contributed by atoms with Gasteiger partial charge in [-0.3, -0.25) is 9.59 Å². The van der Waals surface area contributed by atoms with Crippen LogP contribution in [0, 0.1) is 6.92 Å². The van der Waals surface area contributed by atoms with E-state index in [4.69, 9.17) is 4.74 Å². The second-order valence-corrected chi connectivity index (χ2v) is 6.91. The zero-order valence-corrected chi connectivity index (χ0v) is 16.7. The molecule has 1 N–H and O–H groups in total. The smallest absolute Gasteiger partial charge is 0.333 e. The van der Waals surface area contributed by atoms with Crippen molar-refractivity contribution in [2.75, 3.05) is 5.32 Å². The van der Waals surface area contributed by atoms with Gasteiger partial charge in [-0.25, -0.2) is 9.48 Å². The molecule has 31 heavy (non-hydrogen) atoms. The number of carbonyl (C=O) groups is 2. The highest BCUT2D eigenvalue weighted by Gasteiger charge is 2.13. The summed E-state index contributed by atoms with van der Waals surface area (Å²) in [5, 5.41) is 8.24. The predicted octanol–water partition coefficient (Wildman–Crippen LogP) is 3.56. The van der Waals surface area contributed by atoms with E-state index in [1.165, 1.54) is 0 Å². The lowest BCUT2D eigenvalue weighted by molar-refractivity contribution is -0.135. The molecule has 0 spiro atoms. The molecule has 0 aliphatic rings. The van der Waals surface area contributed by atoms with Crippen LogP contribution in [0.3, 0.4) is 0 Å². The van der Waals surface area contributed by atoms with E-state index in [1.807, 2.05) is 18.2 Å². The minimum absolute atomic E-state index is 0.234. The van der Waals surface area contributed by atoms with Crippen LogP contribution in [0.5, 0.6) is 5.75 Å². The van der Waals surface area contributed by atoms with Crippen LogP contribution in [0.15, 0.2) is 83.7 Å². The molecule has 4 rings (SSSR count). The summed E-state index contributed by atoms with van der Waals surface area (Å²) < 4.78 is 6.42. The number of esters is 1. The number of nitrogens with one attached hydrogen (secondary N) is 1. The lowest BCUT2D eigenvalue weighted by Gasteiger charge is -2.09. The first-order valence-corrected chi connectivity index (χ1v) is 9.65. The minimum atomic E-state index is -0.620. The standard InChI is InChI=1S/C24H19N3O4/c1-16-20-9-5-6-10-21(20)24(30)27(26-16)15-22(28)31-19-13-11-18(12-14-19)25-23(29)17-7-3-2-4-8-17/h2-14H,15H2,1H3,(H,25,29). The number of aromatic nitrogens is 2. The quantitative estimate of drug-likeness (QED) is 0.399. The molecule has 7 heteroatoms. The van der Waals surface area contributed by atoms with Gasteiger partial charge in [0.25, 0.3) is 11.5 Å². The van der Waals surface area contributed by atoms with E-state index in [-0.39, 0.29) is 18.0 Å². The lowest BCUT2D eigenvalue weighted by Crippen LogP contribution is -2.29. The number of hydrogen-bond donors (Lipinski definition) is 1. The number of carbonyl (C=O) groups excluding carboxylic acids is 2. The summed E-state index contributed by atoms with van der Waals surface area (Å²) in [6.07, 6.45) is 0. The van der Waals surface area contributed by atoms with Gasteiger partial charge >= 0.3 is 5.97 Å². The Morgan fingerprint density at radius 2 is 1.55 bits per heavy atom. The van der Waals surface area contributed by atoms with Crippen molar-refractivity contribution >= 4 is 28.3 Å². The van der Waals surface area contributed by atoms with Crippen molar-refractivity contribution in [2.45, 2.75) is 13.5 Å². The van der Waals surface area contributed by atoms with Crippen molar-refractivity contribution in [3.8, 4) is 5.75 Å². The third kappa shape index (κ3) is 4.51. The molecule has 0 radical (unpaired) electrons. The topological polar surface area (TPSA) is 90.3 Å². The first-order valence-electron chi connectivity index (χ1n) is 9.65. The molecule has 0 fully saturated rings. The van der Waals surface area contributed by atoms with Gasteiger partial charge in [-0.15, -0.1) is 0 Å². The zero-order chi connectivity index (χ0) is 21.8. The van der Waals surface area contributed by atoms with Crippen LogP contribution in [0.1, 0.15) is 16.1 Å². The van der Waals surface area contributed by atoms with Crippen LogP contribution >= 0.6 is 0 Å². The Hall–Kier alpha value is -4.26. The molecule has 0 saturated heterocycles. The van der Waals surface area contributed by atoms with Crippen molar-refractivity contribution in [1.82, 2.24) is 9.78 Å². The maximum Gasteiger partial charge on any atom is 0.333 e. The Labute approximate surface area is 177 Å². The molecule has 0 bridgehead atoms. The lowest BCUT2D eigenvalue weighted by atomic mass is 10.1. The molecular weight excluding hydrogens is 394 g/mol. The summed E-state index contributed by atoms with van der Waals surface area (Å²) in [5.74, 6) is -0.555. The number of anilines is 1. The number of benzene rings is 3. The summed E-state index contributed by atoms with van der Waals surface area (Å²) in [4.78, 5) is 37.1. The second kappa shape index (κ2) is 8.62. The molecule has 1 amide bonds. The SMILES string of the molecule is Cc1nn(CC(=O)Oc2ccc(NC(=O)c3ccccc3)cc2)c(=O)c2ccccc12. The average molecular weight is 413 g/mol. The number of hydrogen-bond acceptors (Lipinski definition) is 5. The maximum atomic E-state index is 12.6. The van der Waals surface area contributed by atoms with E-state index in [0.717, 1.165) is 10.1 Å². The molecule has 154 valence electrons. The van der Waals surface area contributed by atoms with Gasteiger partial charge in [0.2, 0.25) is 0 Å². The van der Waals surface area contributed by atoms with Crippen LogP contribution in [0.25, 0.3) is 10.8 Å². The van der Waals surface area contributed by atoms with Crippen molar-refractivity contribution in [3.05, 3.63) is 100 Å². The number of rotatable bonds is 5. The fraction of sp³-hybridized carbons (Fsp3) is 0.0833. The van der Waals surface area contributed by atoms with Gasteiger partial charge in [-0.05, 0) is 49.4 Å². The highest BCUT2D eigenvalue weighted by atomic mass is 16.5. The molecule has 0 aliphatic heterocycles. The van der Waals surface area contributed by atoms with Crippen molar-refractivity contribution < 1.29 is 14.3 Å². The molecule has 4 aromatic rings. The number of amides is 1. The van der Waals surface area contributed by atoms with E-state index >= 15 is 0 Å². The molecule has 3 aromatic carbocycles. The molecule has 1 heterocycles. The highest BCUT2D eigenvalue weighted by Crippen LogP contribution is 2.17. The highest BCUT2D eigenvalue weighted by molar-refractivity contribution is 6.04. The molecule has 1 aromatic heterocycles. The normalized spacial score (nSPS) is 10.6. The van der Waals surface area contributed by atoms with E-state index in [0.29, 0.717) is 28.1 Å². The third-order valence-corrected chi connectivity index (χ3v) is 4.71. The fourth-order valence-corrected chi connectivity index (χ4v) is 3.20. The summed E-state index contributed by atoms with van der Waals surface area (Å²) in [6, 6.07) is 22.4. The second-order valence-electron chi connectivity index (χ2n) is 6.91. The van der Waals surface area contributed by atoms with Gasteiger partial charge in [-0.2, -0.15) is 5.10 Å². The zero-order valence-electron chi connectivity index (χ0n) is 16.7. The van der Waals surface area contributed by atoms with E-state index in [1.54, 1.807) is 67.6 Å². The number of nitrogens with zero attached hydrogens (tertiary/aromatic N) is 2. The average Bonchev–Trinajstić information content (AvgIpc) is 2.79. The summed E-state index contributed by atoms with van der Waals surface area (Å²) in [6.45, 7) is 1.48. The number of ether oxygens (including phenoxy) is 1. The van der Waals surface area contributed by atoms with E-state index in [2.05, 4.69) is 10.4 Å². The van der Waals surface area contributed by atoms with Crippen LogP contribution in [0.4, 0.5) is 5.69 Å². The van der Waals surface area contributed by atoms with Crippen LogP contribution < -0.4 is 15.6 Å². The van der Waals surface area contributed by atoms with Crippen LogP contribution in [-0.4, -0.2) is 21.7 Å². The molecule has 0 atom stereocenters. The van der Waals surface area contributed by atoms with E-state index < -0.39 is 5.97 Å². The first-order chi connectivity index (χ1) is 15.0. The van der Waals surface area contributed by atoms with Gasteiger partial charge in [0.05, 0.1) is 11.1 Å². The fourth-order valence-electron chi connectivity index (χ4n) is 3.20. The third-order valence-electron chi connectivity index (χ3n) is 4.71. The van der Waals surface area contributed by atoms with E-state index in [9.17, 15) is 14.4 Å². The number of aryl methyl sites for hydroxylation is 1. The van der Waals surface area contributed by atoms with Gasteiger partial charge in [-0.1, -0.05) is 36.4 Å². The van der Waals surface area contributed by atoms with Gasteiger partial charge in [0.15, 0.2) is 0 Å². The van der Waals surface area contributed by atoms with Crippen LogP contribution in [0.2, 0.25) is 0 Å². The summed E-state index contributed by atoms with van der Waals surface area (Å²) in [7, 11) is 0. The van der Waals surface area contributed by atoms with Crippen molar-refractivity contribution in [1.29, 1.82) is 0 Å². The monoisotopic (exact) mass is 413 g/mol. The van der Waals surface area contributed by atoms with Gasteiger partial charge in [0, 0.05) is 16.6 Å². The predicted molar refractivity (Wildman–Crippen MR) is 117 cm³/mol. The van der Waals surface area contributed by atoms with Crippen molar-refractivity contribution in [2.24, 2.45) is 0 Å². The Bertz CT molecular complexity index is 1310. The maximum absolute atomic E-state index is 12.6. The Kier molecular flexibility index (Phi) is 5.57. The Morgan fingerprint density at radius 3 is 2.26 bits per heavy atom. The van der Waals surface area contributed by atoms with Crippen LogP contribution in [-0.2, 0) is 11.3 Å². The van der Waals surface area contributed by atoms with Gasteiger partial charge in [0.1, 0.15) is 12.3 Å². The van der Waals surface area contributed by atoms with Crippen molar-refractivity contribution in [3.63, 3.8) is 0 Å². The summed E-state index contributed by atoms with van der Waals surface area (Å²) >= 11 is 0. The molecular formula is C24H19N3O4. The molecule has 0 saturated carbocycles. The largest absolute Gasteiger partial charge is 0.425 e. The Balaban J connectivity index is 1.42.